The van der Waals surface area contributed by atoms with Gasteiger partial charge in [-0.2, -0.15) is 0 Å². The number of amides is 1. The van der Waals surface area contributed by atoms with Crippen LogP contribution in [-0.4, -0.2) is 34.7 Å². The number of carboxylic acids is 1. The Hall–Kier alpha value is -2.24. The van der Waals surface area contributed by atoms with Gasteiger partial charge in [0.25, 0.3) is 5.91 Å². The van der Waals surface area contributed by atoms with Gasteiger partial charge in [0.15, 0.2) is 5.82 Å². The third-order valence-corrected chi connectivity index (χ3v) is 1.83. The summed E-state index contributed by atoms with van der Waals surface area (Å²) in [6.07, 6.45) is 1.19. The molecule has 0 fully saturated rings. The molecular weight excluding hydrogens is 210 g/mol. The third-order valence-electron chi connectivity index (χ3n) is 1.83. The van der Waals surface area contributed by atoms with Crippen molar-refractivity contribution in [3.05, 3.63) is 23.9 Å². The molecule has 0 unspecified atom stereocenters. The predicted octanol–water partition coefficient (Wildman–Crippen LogP) is 0.618. The van der Waals surface area contributed by atoms with Crippen LogP contribution in [0.3, 0.4) is 0 Å². The number of aromatic nitrogens is 1. The van der Waals surface area contributed by atoms with Crippen molar-refractivity contribution in [2.75, 3.05) is 7.05 Å². The molecule has 0 spiro atoms. The highest BCUT2D eigenvalue weighted by molar-refractivity contribution is 6.38. The number of nitrogens with one attached hydrogen (secondary N) is 1. The van der Waals surface area contributed by atoms with E-state index >= 15 is 0 Å². The maximum atomic E-state index is 11.1. The monoisotopic (exact) mass is 221 g/mol. The Kier molecular flexibility index (Phi) is 3.71. The number of aromatic carboxylic acids is 1. The minimum absolute atomic E-state index is 0.0801. The number of carbonyl (C=O) groups excluding carboxylic acids is 1. The fraction of sp³-hybridized carbons (Fsp3) is 0.200. The Bertz CT molecular complexity index is 437. The number of hydrogen-bond donors (Lipinski definition) is 2. The zero-order valence-corrected chi connectivity index (χ0v) is 8.89. The predicted molar refractivity (Wildman–Crippen MR) is 58.0 cm³/mol. The van der Waals surface area contributed by atoms with E-state index in [4.69, 9.17) is 5.11 Å². The van der Waals surface area contributed by atoms with Crippen molar-refractivity contribution in [1.29, 1.82) is 0 Å². The lowest BCUT2D eigenvalue weighted by molar-refractivity contribution is -0.114. The summed E-state index contributed by atoms with van der Waals surface area (Å²) in [5.74, 6) is -1.05. The Morgan fingerprint density at radius 2 is 2.12 bits per heavy atom. The van der Waals surface area contributed by atoms with E-state index in [0.29, 0.717) is 5.82 Å². The summed E-state index contributed by atoms with van der Waals surface area (Å²) in [4.78, 5) is 29.4. The fourth-order valence-corrected chi connectivity index (χ4v) is 0.982. The molecule has 0 aliphatic rings. The van der Waals surface area contributed by atoms with Crippen LogP contribution in [0.4, 0.5) is 5.82 Å². The van der Waals surface area contributed by atoms with Crippen LogP contribution in [0.1, 0.15) is 17.3 Å². The summed E-state index contributed by atoms with van der Waals surface area (Å²) in [6.45, 7) is 1.55. The molecule has 84 valence electrons. The van der Waals surface area contributed by atoms with Crippen LogP contribution >= 0.6 is 0 Å². The van der Waals surface area contributed by atoms with Crippen molar-refractivity contribution in [2.24, 2.45) is 4.99 Å². The van der Waals surface area contributed by atoms with Crippen LogP contribution in [0, 0.1) is 0 Å². The molecule has 2 N–H and O–H groups in total. The minimum Gasteiger partial charge on any atom is -0.478 e. The molecule has 1 rings (SSSR count). The van der Waals surface area contributed by atoms with Gasteiger partial charge in [-0.05, 0) is 19.1 Å². The second-order valence-corrected chi connectivity index (χ2v) is 2.99. The second-order valence-electron chi connectivity index (χ2n) is 2.99. The molecule has 6 heteroatoms. The summed E-state index contributed by atoms with van der Waals surface area (Å²) in [7, 11) is 1.50. The van der Waals surface area contributed by atoms with Crippen molar-refractivity contribution < 1.29 is 14.7 Å². The van der Waals surface area contributed by atoms with E-state index in [1.165, 1.54) is 25.4 Å². The van der Waals surface area contributed by atoms with Gasteiger partial charge in [0.2, 0.25) is 0 Å². The lowest BCUT2D eigenvalue weighted by Gasteiger charge is -1.99. The average Bonchev–Trinajstić information content (AvgIpc) is 2.28. The molecule has 0 radical (unpaired) electrons. The van der Waals surface area contributed by atoms with Crippen molar-refractivity contribution in [1.82, 2.24) is 10.3 Å². The van der Waals surface area contributed by atoms with E-state index in [1.54, 1.807) is 6.92 Å². The SMILES string of the molecule is CNC(=O)C(C)=Nc1ccc(C(=O)O)cn1. The first kappa shape index (κ1) is 11.8. The van der Waals surface area contributed by atoms with Gasteiger partial charge in [-0.25, -0.2) is 14.8 Å². The van der Waals surface area contributed by atoms with Crippen LogP contribution in [0.5, 0.6) is 0 Å². The van der Waals surface area contributed by atoms with E-state index in [-0.39, 0.29) is 17.2 Å². The van der Waals surface area contributed by atoms with Gasteiger partial charge in [-0.15, -0.1) is 0 Å². The minimum atomic E-state index is -1.05. The molecule has 6 nitrogen and oxygen atoms in total. The standard InChI is InChI=1S/C10H11N3O3/c1-6(9(14)11-2)13-8-4-3-7(5-12-8)10(15)16/h3-5H,1-2H3,(H,11,14)(H,15,16). The first-order valence-corrected chi connectivity index (χ1v) is 4.51. The lowest BCUT2D eigenvalue weighted by Crippen LogP contribution is -2.25. The lowest BCUT2D eigenvalue weighted by atomic mass is 10.3. The molecule has 0 saturated heterocycles. The number of hydrogen-bond acceptors (Lipinski definition) is 4. The first-order valence-electron chi connectivity index (χ1n) is 4.51. The van der Waals surface area contributed by atoms with Gasteiger partial charge in [0, 0.05) is 13.2 Å². The molecule has 0 aliphatic carbocycles. The number of aliphatic imine (C=N–C) groups is 1. The second kappa shape index (κ2) is 5.01. The van der Waals surface area contributed by atoms with Gasteiger partial charge < -0.3 is 10.4 Å². The number of carboxylic acid groups (broad SMARTS) is 1. The molecule has 1 amide bonds. The van der Waals surface area contributed by atoms with Gasteiger partial charge >= 0.3 is 5.97 Å². The summed E-state index contributed by atoms with van der Waals surface area (Å²) in [6, 6.07) is 2.82. The maximum absolute atomic E-state index is 11.1. The van der Waals surface area contributed by atoms with Crippen LogP contribution < -0.4 is 5.32 Å². The Labute approximate surface area is 92.0 Å². The summed E-state index contributed by atoms with van der Waals surface area (Å²) >= 11 is 0. The van der Waals surface area contributed by atoms with Crippen LogP contribution in [0.25, 0.3) is 0 Å². The molecule has 1 aromatic rings. The van der Waals surface area contributed by atoms with Crippen molar-refractivity contribution in [3.63, 3.8) is 0 Å². The van der Waals surface area contributed by atoms with E-state index in [0.717, 1.165) is 0 Å². The van der Waals surface area contributed by atoms with Crippen LogP contribution in [-0.2, 0) is 4.79 Å². The number of carbonyl (C=O) groups is 2. The number of rotatable bonds is 3. The van der Waals surface area contributed by atoms with Crippen LogP contribution in [0.2, 0.25) is 0 Å². The fourth-order valence-electron chi connectivity index (χ4n) is 0.982. The number of nitrogens with zero attached hydrogens (tertiary/aromatic N) is 2. The van der Waals surface area contributed by atoms with E-state index < -0.39 is 5.97 Å². The van der Waals surface area contributed by atoms with Crippen molar-refractivity contribution in [2.45, 2.75) is 6.92 Å². The first-order chi connectivity index (χ1) is 7.54. The molecule has 1 aromatic heterocycles. The molecule has 1 heterocycles. The summed E-state index contributed by atoms with van der Waals surface area (Å²) in [5, 5.41) is 11.1. The molecule has 0 atom stereocenters. The summed E-state index contributed by atoms with van der Waals surface area (Å²) < 4.78 is 0. The van der Waals surface area contributed by atoms with Gasteiger partial charge in [0.1, 0.15) is 5.71 Å². The normalized spacial score (nSPS) is 11.0. The highest BCUT2D eigenvalue weighted by Gasteiger charge is 2.05. The summed E-state index contributed by atoms with van der Waals surface area (Å²) in [5.41, 5.74) is 0.342. The maximum Gasteiger partial charge on any atom is 0.337 e. The Morgan fingerprint density at radius 3 is 2.56 bits per heavy atom. The largest absolute Gasteiger partial charge is 0.478 e. The van der Waals surface area contributed by atoms with Gasteiger partial charge in [0.05, 0.1) is 5.56 Å². The van der Waals surface area contributed by atoms with Gasteiger partial charge in [-0.1, -0.05) is 0 Å². The molecule has 16 heavy (non-hydrogen) atoms. The van der Waals surface area contributed by atoms with E-state index in [1.807, 2.05) is 0 Å². The highest BCUT2D eigenvalue weighted by atomic mass is 16.4. The Balaban J connectivity index is 2.91. The Morgan fingerprint density at radius 1 is 1.44 bits per heavy atom. The van der Waals surface area contributed by atoms with Crippen LogP contribution in [0.15, 0.2) is 23.3 Å². The smallest absolute Gasteiger partial charge is 0.337 e. The van der Waals surface area contributed by atoms with E-state index in [9.17, 15) is 9.59 Å². The molecule has 0 aromatic carbocycles. The van der Waals surface area contributed by atoms with Crippen molar-refractivity contribution >= 4 is 23.4 Å². The highest BCUT2D eigenvalue weighted by Crippen LogP contribution is 2.08. The third kappa shape index (κ3) is 2.88. The average molecular weight is 221 g/mol. The molecule has 0 bridgehead atoms. The van der Waals surface area contributed by atoms with E-state index in [2.05, 4.69) is 15.3 Å². The van der Waals surface area contributed by atoms with Crippen molar-refractivity contribution in [3.8, 4) is 0 Å². The molecule has 0 saturated carbocycles. The van der Waals surface area contributed by atoms with Gasteiger partial charge in [-0.3, -0.25) is 4.79 Å². The topological polar surface area (TPSA) is 91.7 Å². The number of pyridine rings is 1. The quantitative estimate of drug-likeness (QED) is 0.732. The zero-order chi connectivity index (χ0) is 12.1. The molecular formula is C10H11N3O3. The zero-order valence-electron chi connectivity index (χ0n) is 8.89. The molecule has 0 aliphatic heterocycles.